The molecule has 0 aliphatic rings. The van der Waals surface area contributed by atoms with Crippen molar-refractivity contribution in [2.75, 3.05) is 0 Å². The molecule has 0 atom stereocenters. The Bertz CT molecular complexity index is 647. The Morgan fingerprint density at radius 2 is 1.71 bits per heavy atom. The van der Waals surface area contributed by atoms with Crippen LogP contribution >= 0.6 is 0 Å². The van der Waals surface area contributed by atoms with Crippen LogP contribution in [0.4, 0.5) is 18.6 Å². The van der Waals surface area contributed by atoms with Crippen molar-refractivity contribution in [3.8, 4) is 5.75 Å². The van der Waals surface area contributed by atoms with Gasteiger partial charge < -0.3 is 17.7 Å². The summed E-state index contributed by atoms with van der Waals surface area (Å²) in [6, 6.07) is 11.2. The van der Waals surface area contributed by atoms with E-state index in [0.717, 1.165) is 18.2 Å². The number of ether oxygens (including phenoxy) is 1. The highest BCUT2D eigenvalue weighted by atomic mass is 19.4. The van der Waals surface area contributed by atoms with E-state index >= 15 is 0 Å². The highest BCUT2D eigenvalue weighted by Crippen LogP contribution is 2.29. The Balaban J connectivity index is 2.37. The summed E-state index contributed by atoms with van der Waals surface area (Å²) in [6.45, 7) is -5.57. The minimum atomic E-state index is -5.40. The summed E-state index contributed by atoms with van der Waals surface area (Å²) in [5.74, 6) is -0.737. The monoisotopic (exact) mass is 296 g/mol. The third-order valence-corrected chi connectivity index (χ3v) is 2.80. The number of hydrogen-bond donors (Lipinski definition) is 0. The molecule has 0 heterocycles. The van der Waals surface area contributed by atoms with Crippen molar-refractivity contribution in [2.24, 2.45) is 0 Å². The highest BCUT2D eigenvalue weighted by Gasteiger charge is 2.33. The molecule has 4 nitrogen and oxygen atoms in total. The molecule has 0 aliphatic carbocycles. The zero-order valence-corrected chi connectivity index (χ0v) is 10.7. The Morgan fingerprint density at radius 3 is 2.29 bits per heavy atom. The lowest BCUT2D eigenvalue weighted by atomic mass is 9.79. The van der Waals surface area contributed by atoms with Crippen LogP contribution < -0.4 is 10.2 Å². The van der Waals surface area contributed by atoms with Gasteiger partial charge in [-0.05, 0) is 5.56 Å². The predicted octanol–water partition coefficient (Wildman–Crippen LogP) is 3.23. The van der Waals surface area contributed by atoms with Gasteiger partial charge in [-0.2, -0.15) is 0 Å². The number of halogens is 3. The van der Waals surface area contributed by atoms with Crippen LogP contribution in [0.1, 0.15) is 5.56 Å². The van der Waals surface area contributed by atoms with Crippen LogP contribution in [0.3, 0.4) is 0 Å². The lowest BCUT2D eigenvalue weighted by Gasteiger charge is -2.19. The van der Waals surface area contributed by atoms with Gasteiger partial charge in [0.1, 0.15) is 6.61 Å². The van der Waals surface area contributed by atoms with E-state index in [0.29, 0.717) is 5.56 Å². The molecule has 0 amide bonds. The van der Waals surface area contributed by atoms with E-state index in [2.05, 4.69) is 0 Å². The number of rotatable bonds is 5. The molecule has 8 heteroatoms. The van der Waals surface area contributed by atoms with Gasteiger partial charge in [-0.3, -0.25) is 10.1 Å². The normalized spacial score (nSPS) is 11.2. The number of nitrogens with zero attached hydrogens (tertiary/aromatic N) is 1. The second-order valence-corrected chi connectivity index (χ2v) is 4.30. The number of benzene rings is 2. The number of nitro groups is 1. The first kappa shape index (κ1) is 14.9. The Morgan fingerprint density at radius 1 is 1.05 bits per heavy atom. The molecule has 21 heavy (non-hydrogen) atoms. The summed E-state index contributed by atoms with van der Waals surface area (Å²) in [4.78, 5) is 9.99. The molecule has 0 bridgehead atoms. The first-order valence-electron chi connectivity index (χ1n) is 6.03. The van der Waals surface area contributed by atoms with E-state index < -0.39 is 28.8 Å². The molecule has 2 rings (SSSR count). The fourth-order valence-electron chi connectivity index (χ4n) is 1.83. The van der Waals surface area contributed by atoms with Gasteiger partial charge in [0, 0.05) is 6.07 Å². The molecule has 2 aromatic rings. The van der Waals surface area contributed by atoms with Crippen molar-refractivity contribution < 1.29 is 22.6 Å². The van der Waals surface area contributed by atoms with E-state index in [9.17, 15) is 23.1 Å². The first-order valence-corrected chi connectivity index (χ1v) is 6.03. The minimum absolute atomic E-state index is 0.176. The van der Waals surface area contributed by atoms with Crippen LogP contribution in [0.15, 0.2) is 48.5 Å². The molecule has 0 radical (unpaired) electrons. The SMILES string of the molecule is O=[N+]([O-])c1cccc([B-](F)(F)F)c1OCc1ccccc1. The summed E-state index contributed by atoms with van der Waals surface area (Å²) < 4.78 is 44.0. The number of para-hydroxylation sites is 1. The lowest BCUT2D eigenvalue weighted by Crippen LogP contribution is -2.35. The lowest BCUT2D eigenvalue weighted by molar-refractivity contribution is -0.385. The van der Waals surface area contributed by atoms with Crippen LogP contribution in [0.2, 0.25) is 0 Å². The van der Waals surface area contributed by atoms with Crippen molar-refractivity contribution in [1.82, 2.24) is 0 Å². The molecule has 0 aliphatic heterocycles. The molecule has 0 aromatic heterocycles. The molecule has 0 saturated heterocycles. The van der Waals surface area contributed by atoms with Crippen molar-refractivity contribution in [2.45, 2.75) is 6.61 Å². The van der Waals surface area contributed by atoms with Crippen LogP contribution in [-0.2, 0) is 6.61 Å². The standard InChI is InChI=1S/C13H10BF3NO3/c15-14(16,17)11-7-4-8-12(18(19)20)13(11)21-9-10-5-2-1-3-6-10/h1-8H,9H2/q-1. The van der Waals surface area contributed by atoms with Crippen LogP contribution in [0.5, 0.6) is 5.75 Å². The Hall–Kier alpha value is -2.51. The molecule has 110 valence electrons. The van der Waals surface area contributed by atoms with Crippen LogP contribution in [-0.4, -0.2) is 11.9 Å². The third-order valence-electron chi connectivity index (χ3n) is 2.80. The molecule has 0 fully saturated rings. The summed E-state index contributed by atoms with van der Waals surface area (Å²) in [7, 11) is 0. The van der Waals surface area contributed by atoms with Crippen LogP contribution in [0.25, 0.3) is 0 Å². The predicted molar refractivity (Wildman–Crippen MR) is 72.6 cm³/mol. The third kappa shape index (κ3) is 3.53. The van der Waals surface area contributed by atoms with Crippen molar-refractivity contribution >= 4 is 18.1 Å². The van der Waals surface area contributed by atoms with Gasteiger partial charge in [-0.25, -0.2) is 0 Å². The maximum absolute atomic E-state index is 13.0. The zero-order valence-electron chi connectivity index (χ0n) is 10.7. The van der Waals surface area contributed by atoms with Gasteiger partial charge in [0.15, 0.2) is 5.75 Å². The molecular formula is C13H10BF3NO3-. The summed E-state index contributed by atoms with van der Waals surface area (Å²) in [5.41, 5.74) is -1.17. The summed E-state index contributed by atoms with van der Waals surface area (Å²) >= 11 is 0. The molecule has 0 N–H and O–H groups in total. The molecule has 0 saturated carbocycles. The average Bonchev–Trinajstić information content (AvgIpc) is 2.44. The molecule has 0 spiro atoms. The Kier molecular flexibility index (Phi) is 4.16. The first-order chi connectivity index (χ1) is 9.89. The van der Waals surface area contributed by atoms with Gasteiger partial charge in [0.25, 0.3) is 0 Å². The topological polar surface area (TPSA) is 52.4 Å². The van der Waals surface area contributed by atoms with Gasteiger partial charge in [-0.15, -0.1) is 0 Å². The maximum Gasteiger partial charge on any atom is 0.513 e. The van der Waals surface area contributed by atoms with Crippen molar-refractivity contribution in [3.63, 3.8) is 0 Å². The second kappa shape index (κ2) is 5.86. The van der Waals surface area contributed by atoms with E-state index in [1.807, 2.05) is 0 Å². The van der Waals surface area contributed by atoms with E-state index in [-0.39, 0.29) is 6.61 Å². The van der Waals surface area contributed by atoms with Gasteiger partial charge in [0.05, 0.1) is 4.92 Å². The summed E-state index contributed by atoms with van der Waals surface area (Å²) in [6.07, 6.45) is 0. The number of nitro benzene ring substituents is 1. The average molecular weight is 296 g/mol. The highest BCUT2D eigenvalue weighted by molar-refractivity contribution is 6.74. The van der Waals surface area contributed by atoms with Gasteiger partial charge in [-0.1, -0.05) is 47.9 Å². The van der Waals surface area contributed by atoms with E-state index in [4.69, 9.17) is 4.74 Å². The van der Waals surface area contributed by atoms with E-state index in [1.54, 1.807) is 30.3 Å². The van der Waals surface area contributed by atoms with Crippen molar-refractivity contribution in [1.29, 1.82) is 0 Å². The fourth-order valence-corrected chi connectivity index (χ4v) is 1.83. The fraction of sp³-hybridized carbons (Fsp3) is 0.0769. The number of hydrogen-bond acceptors (Lipinski definition) is 3. The van der Waals surface area contributed by atoms with Gasteiger partial charge >= 0.3 is 12.7 Å². The van der Waals surface area contributed by atoms with Crippen LogP contribution in [0, 0.1) is 10.1 Å². The second-order valence-electron chi connectivity index (χ2n) is 4.30. The zero-order chi connectivity index (χ0) is 15.5. The largest absolute Gasteiger partial charge is 0.513 e. The Labute approximate surface area is 118 Å². The smallest absolute Gasteiger partial charge is 0.485 e. The summed E-state index contributed by atoms with van der Waals surface area (Å²) in [5, 5.41) is 10.9. The minimum Gasteiger partial charge on any atom is -0.485 e. The van der Waals surface area contributed by atoms with E-state index in [1.165, 1.54) is 0 Å². The molecule has 2 aromatic carbocycles. The van der Waals surface area contributed by atoms with Crippen molar-refractivity contribution in [3.05, 3.63) is 64.2 Å². The quantitative estimate of drug-likeness (QED) is 0.483. The molecule has 0 unspecified atom stereocenters. The maximum atomic E-state index is 13.0. The van der Waals surface area contributed by atoms with Gasteiger partial charge in [0.2, 0.25) is 0 Å². The molecular weight excluding hydrogens is 286 g/mol.